The third kappa shape index (κ3) is 4.31. The van der Waals surface area contributed by atoms with E-state index in [1.54, 1.807) is 39.0 Å². The van der Waals surface area contributed by atoms with Crippen LogP contribution in [0.3, 0.4) is 0 Å². The van der Waals surface area contributed by atoms with Gasteiger partial charge in [-0.1, -0.05) is 34.1 Å². The number of hydrogen-bond donors (Lipinski definition) is 0. The maximum absolute atomic E-state index is 13.9. The normalized spacial score (nSPS) is 19.5. The summed E-state index contributed by atoms with van der Waals surface area (Å²) in [6.07, 6.45) is 1.30. The number of benzene rings is 1. The number of hydrogen-bond acceptors (Lipinski definition) is 3. The van der Waals surface area contributed by atoms with Crippen molar-refractivity contribution in [3.63, 3.8) is 0 Å². The van der Waals surface area contributed by atoms with E-state index < -0.39 is 28.3 Å². The molecule has 1 aliphatic rings. The summed E-state index contributed by atoms with van der Waals surface area (Å²) >= 11 is 3.27. The zero-order valence-corrected chi connectivity index (χ0v) is 15.1. The second-order valence-corrected chi connectivity index (χ2v) is 7.52. The van der Waals surface area contributed by atoms with E-state index in [0.717, 1.165) is 6.42 Å². The molecule has 1 amide bonds. The van der Waals surface area contributed by atoms with E-state index in [9.17, 15) is 14.0 Å². The summed E-state index contributed by atoms with van der Waals surface area (Å²) in [5.41, 5.74) is -0.333. The number of rotatable bonds is 3. The SMILES string of the molecule is CC(C)(C)OC(=O)[C@@H]1CCCN1C(=O)C(Br)c1ccccc1F. The quantitative estimate of drug-likeness (QED) is 0.589. The molecule has 0 N–H and O–H groups in total. The van der Waals surface area contributed by atoms with Crippen molar-refractivity contribution in [2.75, 3.05) is 6.54 Å². The molecule has 2 rings (SSSR count). The van der Waals surface area contributed by atoms with Gasteiger partial charge >= 0.3 is 5.97 Å². The molecule has 0 spiro atoms. The Labute approximate surface area is 144 Å². The van der Waals surface area contributed by atoms with E-state index in [1.165, 1.54) is 11.0 Å². The molecule has 1 aliphatic heterocycles. The molecule has 23 heavy (non-hydrogen) atoms. The number of carbonyl (C=O) groups is 2. The number of ether oxygens (including phenoxy) is 1. The minimum absolute atomic E-state index is 0.271. The second-order valence-electron chi connectivity index (χ2n) is 6.61. The highest BCUT2D eigenvalue weighted by Gasteiger charge is 2.39. The van der Waals surface area contributed by atoms with Gasteiger partial charge in [-0.2, -0.15) is 0 Å². The summed E-state index contributed by atoms with van der Waals surface area (Å²) in [5, 5.41) is 0. The predicted octanol–water partition coefficient (Wildman–Crippen LogP) is 3.59. The van der Waals surface area contributed by atoms with Crippen LogP contribution in [0.5, 0.6) is 0 Å². The lowest BCUT2D eigenvalue weighted by atomic mass is 10.1. The van der Waals surface area contributed by atoms with Gasteiger partial charge in [0.15, 0.2) is 0 Å². The van der Waals surface area contributed by atoms with Gasteiger partial charge in [0, 0.05) is 12.1 Å². The monoisotopic (exact) mass is 385 g/mol. The minimum atomic E-state index is -0.813. The van der Waals surface area contributed by atoms with Gasteiger partial charge in [0.05, 0.1) is 0 Å². The summed E-state index contributed by atoms with van der Waals surface area (Å²) in [4.78, 5) is 25.7. The summed E-state index contributed by atoms with van der Waals surface area (Å²) in [6, 6.07) is 5.52. The van der Waals surface area contributed by atoms with Crippen LogP contribution in [0.15, 0.2) is 24.3 Å². The van der Waals surface area contributed by atoms with Crippen LogP contribution in [-0.2, 0) is 14.3 Å². The lowest BCUT2D eigenvalue weighted by Gasteiger charge is -2.28. The second kappa shape index (κ2) is 6.99. The van der Waals surface area contributed by atoms with Crippen molar-refractivity contribution in [1.29, 1.82) is 0 Å². The number of carbonyl (C=O) groups excluding carboxylic acids is 2. The van der Waals surface area contributed by atoms with E-state index >= 15 is 0 Å². The number of likely N-dealkylation sites (tertiary alicyclic amines) is 1. The van der Waals surface area contributed by atoms with Gasteiger partial charge in [0.1, 0.15) is 22.3 Å². The largest absolute Gasteiger partial charge is 0.458 e. The molecule has 0 saturated carbocycles. The molecular formula is C17H21BrFNO3. The summed E-state index contributed by atoms with van der Waals surface area (Å²) < 4.78 is 19.3. The summed E-state index contributed by atoms with van der Waals surface area (Å²) in [7, 11) is 0. The Kier molecular flexibility index (Phi) is 5.45. The van der Waals surface area contributed by atoms with Gasteiger partial charge in [-0.15, -0.1) is 0 Å². The molecule has 4 nitrogen and oxygen atoms in total. The highest BCUT2D eigenvalue weighted by Crippen LogP contribution is 2.31. The molecule has 1 aromatic rings. The molecular weight excluding hydrogens is 365 g/mol. The molecule has 0 aliphatic carbocycles. The zero-order chi connectivity index (χ0) is 17.2. The smallest absolute Gasteiger partial charge is 0.329 e. The molecule has 1 aromatic carbocycles. The van der Waals surface area contributed by atoms with Crippen molar-refractivity contribution in [2.45, 2.75) is 50.1 Å². The van der Waals surface area contributed by atoms with Crippen LogP contribution >= 0.6 is 15.9 Å². The van der Waals surface area contributed by atoms with Gasteiger partial charge in [-0.25, -0.2) is 9.18 Å². The Morgan fingerprint density at radius 2 is 2.00 bits per heavy atom. The number of alkyl halides is 1. The first kappa shape index (κ1) is 17.9. The van der Waals surface area contributed by atoms with E-state index in [4.69, 9.17) is 4.74 Å². The van der Waals surface area contributed by atoms with Crippen LogP contribution < -0.4 is 0 Å². The Hall–Kier alpha value is -1.43. The van der Waals surface area contributed by atoms with Crippen LogP contribution in [0.25, 0.3) is 0 Å². The van der Waals surface area contributed by atoms with E-state index in [1.807, 2.05) is 0 Å². The molecule has 1 unspecified atom stereocenters. The molecule has 0 radical (unpaired) electrons. The predicted molar refractivity (Wildman–Crippen MR) is 88.6 cm³/mol. The number of nitrogens with zero attached hydrogens (tertiary/aromatic N) is 1. The average molecular weight is 386 g/mol. The number of amides is 1. The Bertz CT molecular complexity index is 600. The maximum Gasteiger partial charge on any atom is 0.329 e. The van der Waals surface area contributed by atoms with Crippen LogP contribution in [-0.4, -0.2) is 35.0 Å². The van der Waals surface area contributed by atoms with Crippen molar-refractivity contribution in [3.05, 3.63) is 35.6 Å². The molecule has 0 bridgehead atoms. The molecule has 6 heteroatoms. The zero-order valence-electron chi connectivity index (χ0n) is 13.5. The maximum atomic E-state index is 13.9. The Balaban J connectivity index is 2.14. The fourth-order valence-electron chi connectivity index (χ4n) is 2.60. The number of esters is 1. The van der Waals surface area contributed by atoms with Gasteiger partial charge in [0.2, 0.25) is 5.91 Å². The Morgan fingerprint density at radius 3 is 2.61 bits per heavy atom. The van der Waals surface area contributed by atoms with Gasteiger partial charge in [-0.3, -0.25) is 4.79 Å². The molecule has 0 aromatic heterocycles. The fourth-order valence-corrected chi connectivity index (χ4v) is 3.24. The standard InChI is InChI=1S/C17H21BrFNO3/c1-17(2,3)23-16(22)13-9-6-10-20(13)15(21)14(18)11-7-4-5-8-12(11)19/h4-5,7-8,13-14H,6,9-10H2,1-3H3/t13-,14?/m0/s1. The van der Waals surface area contributed by atoms with Gasteiger partial charge < -0.3 is 9.64 Å². The van der Waals surface area contributed by atoms with Crippen LogP contribution in [0.2, 0.25) is 0 Å². The van der Waals surface area contributed by atoms with Crippen molar-refractivity contribution in [3.8, 4) is 0 Å². The fraction of sp³-hybridized carbons (Fsp3) is 0.529. The Morgan fingerprint density at radius 1 is 1.35 bits per heavy atom. The first-order valence-corrected chi connectivity index (χ1v) is 8.54. The lowest BCUT2D eigenvalue weighted by Crippen LogP contribution is -2.44. The van der Waals surface area contributed by atoms with Crippen molar-refractivity contribution in [1.82, 2.24) is 4.90 Å². The van der Waals surface area contributed by atoms with Crippen molar-refractivity contribution < 1.29 is 18.7 Å². The third-order valence-corrected chi connectivity index (χ3v) is 4.49. The molecule has 1 fully saturated rings. The van der Waals surface area contributed by atoms with Crippen molar-refractivity contribution >= 4 is 27.8 Å². The summed E-state index contributed by atoms with van der Waals surface area (Å²) in [6.45, 7) is 5.84. The first-order chi connectivity index (χ1) is 10.7. The van der Waals surface area contributed by atoms with Crippen LogP contribution in [0.1, 0.15) is 44.0 Å². The highest BCUT2D eigenvalue weighted by atomic mass is 79.9. The number of halogens is 2. The minimum Gasteiger partial charge on any atom is -0.458 e. The molecule has 1 saturated heterocycles. The first-order valence-electron chi connectivity index (χ1n) is 7.62. The molecule has 2 atom stereocenters. The summed E-state index contributed by atoms with van der Waals surface area (Å²) in [5.74, 6) is -1.17. The van der Waals surface area contributed by atoms with Crippen LogP contribution in [0.4, 0.5) is 4.39 Å². The van der Waals surface area contributed by atoms with Crippen LogP contribution in [0, 0.1) is 5.82 Å². The molecule has 126 valence electrons. The van der Waals surface area contributed by atoms with Gasteiger partial charge in [0.25, 0.3) is 0 Å². The van der Waals surface area contributed by atoms with Crippen molar-refractivity contribution in [2.24, 2.45) is 0 Å². The average Bonchev–Trinajstić information content (AvgIpc) is 2.94. The molecule has 1 heterocycles. The van der Waals surface area contributed by atoms with E-state index in [2.05, 4.69) is 15.9 Å². The lowest BCUT2D eigenvalue weighted by molar-refractivity contribution is -0.163. The third-order valence-electron chi connectivity index (χ3n) is 3.61. The highest BCUT2D eigenvalue weighted by molar-refractivity contribution is 9.09. The van der Waals surface area contributed by atoms with E-state index in [0.29, 0.717) is 13.0 Å². The van der Waals surface area contributed by atoms with Gasteiger partial charge in [-0.05, 0) is 39.7 Å². The van der Waals surface area contributed by atoms with E-state index in [-0.39, 0.29) is 11.5 Å². The topological polar surface area (TPSA) is 46.6 Å².